The topological polar surface area (TPSA) is 66.5 Å². The molecule has 4 N–H and O–H groups in total. The van der Waals surface area contributed by atoms with E-state index < -0.39 is 0 Å². The van der Waals surface area contributed by atoms with Crippen LogP contribution >= 0.6 is 0 Å². The number of phenols is 1. The second kappa shape index (κ2) is 4.39. The number of phenolic OH excluding ortho intramolecular Hbond substituents is 1. The van der Waals surface area contributed by atoms with Gasteiger partial charge in [0.05, 0.1) is 6.10 Å². The van der Waals surface area contributed by atoms with Gasteiger partial charge < -0.3 is 15.9 Å². The van der Waals surface area contributed by atoms with Crippen molar-refractivity contribution in [3.8, 4) is 5.75 Å². The lowest BCUT2D eigenvalue weighted by Gasteiger charge is -2.50. The highest BCUT2D eigenvalue weighted by molar-refractivity contribution is 5.58. The summed E-state index contributed by atoms with van der Waals surface area (Å²) in [6.45, 7) is 2.29. The molecule has 0 saturated heterocycles. The predicted octanol–water partition coefficient (Wildman–Crippen LogP) is 3.19. The molecule has 0 unspecified atom stereocenters. The summed E-state index contributed by atoms with van der Waals surface area (Å²) in [4.78, 5) is 0. The molecule has 1 aromatic carbocycles. The quantitative estimate of drug-likeness (QED) is 0.642. The Balaban J connectivity index is 1.75. The fraction of sp³-hybridized carbons (Fsp3) is 0.667. The molecule has 3 nitrogen and oxygen atoms in total. The molecule has 1 aromatic rings. The van der Waals surface area contributed by atoms with Gasteiger partial charge in [-0.25, -0.2) is 0 Å². The van der Waals surface area contributed by atoms with E-state index in [4.69, 9.17) is 5.73 Å². The number of aromatic hydroxyl groups is 1. The molecule has 0 radical (unpaired) electrons. The van der Waals surface area contributed by atoms with Crippen LogP contribution in [0.2, 0.25) is 0 Å². The number of aliphatic hydroxyl groups excluding tert-OH is 1. The Morgan fingerprint density at radius 3 is 2.81 bits per heavy atom. The largest absolute Gasteiger partial charge is 0.508 e. The van der Waals surface area contributed by atoms with Gasteiger partial charge in [0.2, 0.25) is 0 Å². The van der Waals surface area contributed by atoms with E-state index in [1.54, 1.807) is 6.07 Å². The first-order chi connectivity index (χ1) is 10.0. The summed E-state index contributed by atoms with van der Waals surface area (Å²) in [6.07, 6.45) is 6.40. The third-order valence-corrected chi connectivity index (χ3v) is 6.79. The maximum Gasteiger partial charge on any atom is 0.117 e. The molecule has 0 amide bonds. The molecule has 0 heterocycles. The lowest BCUT2D eigenvalue weighted by Crippen LogP contribution is -2.44. The van der Waals surface area contributed by atoms with Crippen LogP contribution in [-0.4, -0.2) is 16.3 Å². The molecule has 0 aromatic heterocycles. The number of nitrogen functional groups attached to an aromatic ring is 1. The van der Waals surface area contributed by atoms with Gasteiger partial charge in [0.1, 0.15) is 5.75 Å². The number of benzene rings is 1. The minimum absolute atomic E-state index is 0.115. The molecule has 2 fully saturated rings. The first-order valence-electron chi connectivity index (χ1n) is 8.30. The number of hydrogen-bond donors (Lipinski definition) is 3. The summed E-state index contributed by atoms with van der Waals surface area (Å²) >= 11 is 0. The van der Waals surface area contributed by atoms with Crippen molar-refractivity contribution in [2.24, 2.45) is 17.3 Å². The van der Waals surface area contributed by atoms with Crippen molar-refractivity contribution in [2.75, 3.05) is 5.73 Å². The van der Waals surface area contributed by atoms with E-state index in [1.165, 1.54) is 17.5 Å². The Kier molecular flexibility index (Phi) is 2.81. The highest BCUT2D eigenvalue weighted by Crippen LogP contribution is 2.61. The summed E-state index contributed by atoms with van der Waals surface area (Å²) < 4.78 is 0. The number of aryl methyl sites for hydroxylation is 1. The van der Waals surface area contributed by atoms with Crippen molar-refractivity contribution < 1.29 is 10.2 Å². The molecule has 3 aliphatic rings. The average Bonchev–Trinajstić information content (AvgIpc) is 2.74. The first kappa shape index (κ1) is 13.4. The molecular weight excluding hydrogens is 262 g/mol. The molecule has 3 heteroatoms. The summed E-state index contributed by atoms with van der Waals surface area (Å²) in [7, 11) is 0. The van der Waals surface area contributed by atoms with Crippen molar-refractivity contribution in [1.82, 2.24) is 0 Å². The van der Waals surface area contributed by atoms with Crippen LogP contribution in [0.5, 0.6) is 5.75 Å². The minimum Gasteiger partial charge on any atom is -0.508 e. The van der Waals surface area contributed by atoms with Crippen LogP contribution in [0.4, 0.5) is 5.69 Å². The summed E-state index contributed by atoms with van der Waals surface area (Å²) in [5.74, 6) is 2.10. The summed E-state index contributed by atoms with van der Waals surface area (Å²) in [5, 5.41) is 20.2. The van der Waals surface area contributed by atoms with Crippen LogP contribution in [0.25, 0.3) is 0 Å². The van der Waals surface area contributed by atoms with Gasteiger partial charge in [-0.1, -0.05) is 6.92 Å². The fourth-order valence-corrected chi connectivity index (χ4v) is 5.72. The SMILES string of the molecule is C[C@]12CC[C@@H]3c4c(N)cc(O)cc4CC[C@H]3[C@@H]1CC[C@@H]2O. The van der Waals surface area contributed by atoms with Crippen molar-refractivity contribution in [3.05, 3.63) is 23.3 Å². The van der Waals surface area contributed by atoms with Crippen LogP contribution < -0.4 is 5.73 Å². The van der Waals surface area contributed by atoms with Crippen LogP contribution in [-0.2, 0) is 6.42 Å². The van der Waals surface area contributed by atoms with Gasteiger partial charge in [0.15, 0.2) is 0 Å². The summed E-state index contributed by atoms with van der Waals surface area (Å²) in [6, 6.07) is 3.61. The smallest absolute Gasteiger partial charge is 0.117 e. The lowest BCUT2D eigenvalue weighted by molar-refractivity contribution is -0.0225. The van der Waals surface area contributed by atoms with E-state index in [1.807, 2.05) is 6.07 Å². The Bertz CT molecular complexity index is 585. The third-order valence-electron chi connectivity index (χ3n) is 6.79. The number of nitrogens with two attached hydrogens (primary N) is 1. The van der Waals surface area contributed by atoms with Gasteiger partial charge in [-0.15, -0.1) is 0 Å². The zero-order valence-electron chi connectivity index (χ0n) is 12.7. The monoisotopic (exact) mass is 287 g/mol. The minimum atomic E-state index is -0.123. The molecule has 2 saturated carbocycles. The van der Waals surface area contributed by atoms with Crippen molar-refractivity contribution >= 4 is 5.69 Å². The number of hydrogen-bond acceptors (Lipinski definition) is 3. The number of rotatable bonds is 0. The van der Waals surface area contributed by atoms with Crippen molar-refractivity contribution in [3.63, 3.8) is 0 Å². The Morgan fingerprint density at radius 1 is 1.19 bits per heavy atom. The summed E-state index contributed by atoms with van der Waals surface area (Å²) in [5.41, 5.74) is 9.66. The first-order valence-corrected chi connectivity index (χ1v) is 8.30. The highest BCUT2D eigenvalue weighted by Gasteiger charge is 2.54. The second-order valence-corrected chi connectivity index (χ2v) is 7.66. The predicted molar refractivity (Wildman–Crippen MR) is 83.1 cm³/mol. The molecule has 0 aliphatic heterocycles. The van der Waals surface area contributed by atoms with Crippen molar-refractivity contribution in [2.45, 2.75) is 57.5 Å². The number of fused-ring (bicyclic) bond motifs is 5. The Hall–Kier alpha value is -1.22. The van der Waals surface area contributed by atoms with E-state index >= 15 is 0 Å². The Labute approximate surface area is 126 Å². The van der Waals surface area contributed by atoms with E-state index in [2.05, 4.69) is 6.92 Å². The number of anilines is 1. The number of aliphatic hydroxyl groups is 1. The van der Waals surface area contributed by atoms with Crippen LogP contribution in [0.15, 0.2) is 12.1 Å². The fourth-order valence-electron chi connectivity index (χ4n) is 5.72. The Morgan fingerprint density at radius 2 is 2.00 bits per heavy atom. The molecule has 5 atom stereocenters. The highest BCUT2D eigenvalue weighted by atomic mass is 16.3. The van der Waals surface area contributed by atoms with E-state index in [0.29, 0.717) is 23.5 Å². The van der Waals surface area contributed by atoms with Crippen LogP contribution in [0.3, 0.4) is 0 Å². The average molecular weight is 287 g/mol. The van der Waals surface area contributed by atoms with Gasteiger partial charge in [-0.3, -0.25) is 0 Å². The zero-order valence-corrected chi connectivity index (χ0v) is 12.7. The van der Waals surface area contributed by atoms with Gasteiger partial charge in [-0.2, -0.15) is 0 Å². The van der Waals surface area contributed by atoms with Crippen LogP contribution in [0, 0.1) is 17.3 Å². The van der Waals surface area contributed by atoms with Gasteiger partial charge in [0, 0.05) is 11.8 Å². The third kappa shape index (κ3) is 1.76. The molecular formula is C18H25NO2. The molecule has 21 heavy (non-hydrogen) atoms. The van der Waals surface area contributed by atoms with Crippen LogP contribution in [0.1, 0.15) is 56.1 Å². The van der Waals surface area contributed by atoms with Gasteiger partial charge in [-0.05, 0) is 78.9 Å². The molecule has 0 bridgehead atoms. The lowest BCUT2D eigenvalue weighted by atomic mass is 9.55. The van der Waals surface area contributed by atoms with Gasteiger partial charge in [0.25, 0.3) is 0 Å². The maximum absolute atomic E-state index is 10.4. The molecule has 0 spiro atoms. The molecule has 4 rings (SSSR count). The van der Waals surface area contributed by atoms with E-state index in [9.17, 15) is 10.2 Å². The van der Waals surface area contributed by atoms with E-state index in [0.717, 1.165) is 37.8 Å². The van der Waals surface area contributed by atoms with Gasteiger partial charge >= 0.3 is 0 Å². The maximum atomic E-state index is 10.4. The molecule has 3 aliphatic carbocycles. The van der Waals surface area contributed by atoms with Crippen molar-refractivity contribution in [1.29, 1.82) is 0 Å². The standard InChI is InChI=1S/C18H25NO2/c1-18-7-6-13-12(14(18)4-5-16(18)21)3-2-10-8-11(20)9-15(19)17(10)13/h8-9,12-14,16,20-21H,2-7,19H2,1H3/t12-,13+,14+,16+,18+/m1/s1. The second-order valence-electron chi connectivity index (χ2n) is 7.66. The molecule has 114 valence electrons. The zero-order chi connectivity index (χ0) is 14.8. The normalized spacial score (nSPS) is 41.2. The van der Waals surface area contributed by atoms with E-state index in [-0.39, 0.29) is 11.5 Å².